The summed E-state index contributed by atoms with van der Waals surface area (Å²) in [6.07, 6.45) is 0.203. The summed E-state index contributed by atoms with van der Waals surface area (Å²) in [7, 11) is 1.54. The van der Waals surface area contributed by atoms with Gasteiger partial charge in [-0.1, -0.05) is 23.2 Å². The smallest absolute Gasteiger partial charge is 0.305 e. The van der Waals surface area contributed by atoms with Gasteiger partial charge in [-0.15, -0.1) is 0 Å². The lowest BCUT2D eigenvalue weighted by Crippen LogP contribution is -2.40. The van der Waals surface area contributed by atoms with Gasteiger partial charge in [-0.2, -0.15) is 0 Å². The molecule has 1 N–H and O–H groups in total. The molecule has 1 fully saturated rings. The van der Waals surface area contributed by atoms with Gasteiger partial charge in [0, 0.05) is 30.8 Å². The summed E-state index contributed by atoms with van der Waals surface area (Å²) in [5.74, 6) is -0.958. The van der Waals surface area contributed by atoms with E-state index >= 15 is 0 Å². The van der Waals surface area contributed by atoms with Crippen molar-refractivity contribution in [2.45, 2.75) is 25.0 Å². The van der Waals surface area contributed by atoms with Crippen molar-refractivity contribution in [3.63, 3.8) is 0 Å². The van der Waals surface area contributed by atoms with Crippen molar-refractivity contribution in [2.24, 2.45) is 0 Å². The van der Waals surface area contributed by atoms with E-state index in [-0.39, 0.29) is 25.0 Å². The van der Waals surface area contributed by atoms with E-state index in [1.165, 1.54) is 11.0 Å². The van der Waals surface area contributed by atoms with Crippen LogP contribution in [-0.2, 0) is 14.3 Å². The molecule has 1 aromatic rings. The van der Waals surface area contributed by atoms with Crippen LogP contribution in [0.4, 0.5) is 0 Å². The number of hydrogen-bond donors (Lipinski definition) is 1. The average molecular weight is 362 g/mol. The summed E-state index contributed by atoms with van der Waals surface area (Å²) in [6.45, 7) is 0.104. The topological polar surface area (TPSA) is 76.1 Å². The number of carboxylic acid groups (broad SMARTS) is 1. The number of likely N-dealkylation sites (tertiary alicyclic amines) is 1. The molecule has 0 saturated carbocycles. The van der Waals surface area contributed by atoms with Crippen LogP contribution < -0.4 is 4.74 Å². The zero-order chi connectivity index (χ0) is 17.0. The summed E-state index contributed by atoms with van der Waals surface area (Å²) in [6, 6.07) is 4.32. The second kappa shape index (κ2) is 7.86. The van der Waals surface area contributed by atoms with Crippen LogP contribution in [0, 0.1) is 0 Å². The maximum atomic E-state index is 12.3. The average Bonchev–Trinajstić information content (AvgIpc) is 2.90. The fraction of sp³-hybridized carbons (Fsp3) is 0.467. The number of methoxy groups -OCH3 is 1. The Kier molecular flexibility index (Phi) is 6.10. The van der Waals surface area contributed by atoms with Crippen LogP contribution in [-0.4, -0.2) is 54.3 Å². The van der Waals surface area contributed by atoms with Gasteiger partial charge in [0.25, 0.3) is 5.91 Å². The standard InChI is InChI=1S/C15H17Cl2NO5/c1-22-11-5-10(6-15(20)21)18(7-11)14(19)8-23-13-4-9(16)2-3-12(13)17/h2-4,10-11H,5-8H2,1H3,(H,20,21). The molecule has 1 aromatic carbocycles. The van der Waals surface area contributed by atoms with Crippen LogP contribution in [0.5, 0.6) is 5.75 Å². The predicted molar refractivity (Wildman–Crippen MR) is 85.1 cm³/mol. The highest BCUT2D eigenvalue weighted by molar-refractivity contribution is 6.34. The molecule has 0 aromatic heterocycles. The summed E-state index contributed by atoms with van der Waals surface area (Å²) in [5, 5.41) is 9.76. The van der Waals surface area contributed by atoms with Crippen molar-refractivity contribution in [1.82, 2.24) is 4.90 Å². The van der Waals surface area contributed by atoms with Crippen molar-refractivity contribution < 1.29 is 24.2 Å². The highest BCUT2D eigenvalue weighted by atomic mass is 35.5. The minimum Gasteiger partial charge on any atom is -0.482 e. The van der Waals surface area contributed by atoms with Crippen LogP contribution in [0.2, 0.25) is 10.0 Å². The molecular weight excluding hydrogens is 345 g/mol. The lowest BCUT2D eigenvalue weighted by atomic mass is 10.1. The first-order chi connectivity index (χ1) is 10.9. The molecule has 1 aliphatic rings. The number of hydrogen-bond acceptors (Lipinski definition) is 4. The molecule has 6 nitrogen and oxygen atoms in total. The number of halogens is 2. The number of benzene rings is 1. The third-order valence-corrected chi connectivity index (χ3v) is 4.23. The SMILES string of the molecule is COC1CC(CC(=O)O)N(C(=O)COc2cc(Cl)ccc2Cl)C1. The first-order valence-electron chi connectivity index (χ1n) is 7.02. The quantitative estimate of drug-likeness (QED) is 0.841. The fourth-order valence-corrected chi connectivity index (χ4v) is 2.89. The zero-order valence-electron chi connectivity index (χ0n) is 12.5. The van der Waals surface area contributed by atoms with Crippen LogP contribution in [0.3, 0.4) is 0 Å². The number of carbonyl (C=O) groups is 2. The molecule has 0 aliphatic carbocycles. The normalized spacial score (nSPS) is 20.6. The molecule has 2 rings (SSSR count). The summed E-state index contributed by atoms with van der Waals surface area (Å²) in [4.78, 5) is 24.8. The van der Waals surface area contributed by atoms with Gasteiger partial charge in [0.1, 0.15) is 5.75 Å². The van der Waals surface area contributed by atoms with Crippen molar-refractivity contribution in [3.8, 4) is 5.75 Å². The Morgan fingerprint density at radius 3 is 2.78 bits per heavy atom. The summed E-state index contributed by atoms with van der Waals surface area (Å²) >= 11 is 11.8. The van der Waals surface area contributed by atoms with Crippen LogP contribution in [0.1, 0.15) is 12.8 Å². The summed E-state index contributed by atoms with van der Waals surface area (Å²) in [5.41, 5.74) is 0. The predicted octanol–water partition coefficient (Wildman–Crippen LogP) is 2.46. The van der Waals surface area contributed by atoms with Gasteiger partial charge in [-0.25, -0.2) is 0 Å². The molecule has 1 amide bonds. The highest BCUT2D eigenvalue weighted by Gasteiger charge is 2.36. The number of amides is 1. The van der Waals surface area contributed by atoms with E-state index < -0.39 is 12.0 Å². The second-order valence-electron chi connectivity index (χ2n) is 5.25. The first kappa shape index (κ1) is 17.8. The van der Waals surface area contributed by atoms with Crippen molar-refractivity contribution in [1.29, 1.82) is 0 Å². The van der Waals surface area contributed by atoms with Gasteiger partial charge in [0.05, 0.1) is 17.5 Å². The second-order valence-corrected chi connectivity index (χ2v) is 6.10. The molecule has 2 atom stereocenters. The molecule has 2 unspecified atom stereocenters. The lowest BCUT2D eigenvalue weighted by Gasteiger charge is -2.23. The Morgan fingerprint density at radius 1 is 1.39 bits per heavy atom. The van der Waals surface area contributed by atoms with Crippen LogP contribution >= 0.6 is 23.2 Å². The largest absolute Gasteiger partial charge is 0.482 e. The molecule has 0 spiro atoms. The molecule has 1 heterocycles. The van der Waals surface area contributed by atoms with E-state index in [2.05, 4.69) is 0 Å². The molecule has 1 saturated heterocycles. The number of rotatable bonds is 6. The number of ether oxygens (including phenoxy) is 2. The maximum Gasteiger partial charge on any atom is 0.305 e. The maximum absolute atomic E-state index is 12.3. The van der Waals surface area contributed by atoms with E-state index in [4.69, 9.17) is 37.8 Å². The minimum absolute atomic E-state index is 0.122. The molecule has 1 aliphatic heterocycles. The van der Waals surface area contributed by atoms with E-state index in [9.17, 15) is 9.59 Å². The fourth-order valence-electron chi connectivity index (χ4n) is 2.56. The Labute approximate surface area is 143 Å². The van der Waals surface area contributed by atoms with Gasteiger partial charge in [0.15, 0.2) is 6.61 Å². The number of carboxylic acids is 1. The van der Waals surface area contributed by atoms with Gasteiger partial charge >= 0.3 is 5.97 Å². The minimum atomic E-state index is -0.955. The monoisotopic (exact) mass is 361 g/mol. The Balaban J connectivity index is 2.00. The number of aliphatic carboxylic acids is 1. The molecule has 23 heavy (non-hydrogen) atoms. The van der Waals surface area contributed by atoms with E-state index in [0.717, 1.165) is 0 Å². The van der Waals surface area contributed by atoms with E-state index in [1.54, 1.807) is 19.2 Å². The Bertz CT molecular complexity index is 595. The molecule has 126 valence electrons. The van der Waals surface area contributed by atoms with Gasteiger partial charge < -0.3 is 19.5 Å². The Morgan fingerprint density at radius 2 is 2.13 bits per heavy atom. The highest BCUT2D eigenvalue weighted by Crippen LogP contribution is 2.28. The van der Waals surface area contributed by atoms with E-state index in [0.29, 0.717) is 28.8 Å². The molecular formula is C15H17Cl2NO5. The molecule has 8 heteroatoms. The van der Waals surface area contributed by atoms with Crippen molar-refractivity contribution >= 4 is 35.1 Å². The van der Waals surface area contributed by atoms with Gasteiger partial charge in [-0.3, -0.25) is 9.59 Å². The van der Waals surface area contributed by atoms with Crippen LogP contribution in [0.15, 0.2) is 18.2 Å². The van der Waals surface area contributed by atoms with E-state index in [1.807, 2.05) is 0 Å². The van der Waals surface area contributed by atoms with Crippen LogP contribution in [0.25, 0.3) is 0 Å². The van der Waals surface area contributed by atoms with Gasteiger partial charge in [0.2, 0.25) is 0 Å². The summed E-state index contributed by atoms with van der Waals surface area (Å²) < 4.78 is 10.7. The number of carbonyl (C=O) groups excluding carboxylic acids is 1. The first-order valence-corrected chi connectivity index (χ1v) is 7.78. The third kappa shape index (κ3) is 4.73. The Hall–Kier alpha value is -1.50. The number of nitrogens with zero attached hydrogens (tertiary/aromatic N) is 1. The lowest BCUT2D eigenvalue weighted by molar-refractivity contribution is -0.140. The molecule has 0 bridgehead atoms. The van der Waals surface area contributed by atoms with Crippen molar-refractivity contribution in [3.05, 3.63) is 28.2 Å². The molecule has 0 radical (unpaired) electrons. The van der Waals surface area contributed by atoms with Gasteiger partial charge in [-0.05, 0) is 18.6 Å². The third-order valence-electron chi connectivity index (χ3n) is 3.68. The zero-order valence-corrected chi connectivity index (χ0v) is 14.0. The van der Waals surface area contributed by atoms with Crippen molar-refractivity contribution in [2.75, 3.05) is 20.3 Å².